The summed E-state index contributed by atoms with van der Waals surface area (Å²) in [6.45, 7) is 3.76. The number of benzene rings is 1. The lowest BCUT2D eigenvalue weighted by atomic mass is 10.1. The number of amides is 2. The predicted molar refractivity (Wildman–Crippen MR) is 90.5 cm³/mol. The van der Waals surface area contributed by atoms with Crippen molar-refractivity contribution in [3.8, 4) is 0 Å². The SMILES string of the molecule is Cc1cccc(CC(=O)N2CCn3nc(C(=O)N(C)C)cc3C2)c1. The summed E-state index contributed by atoms with van der Waals surface area (Å²) >= 11 is 0. The van der Waals surface area contributed by atoms with Gasteiger partial charge in [-0.1, -0.05) is 29.8 Å². The molecule has 0 spiro atoms. The molecule has 0 radical (unpaired) electrons. The Hall–Kier alpha value is -2.63. The second kappa shape index (κ2) is 6.47. The third-order valence-corrected chi connectivity index (χ3v) is 4.21. The van der Waals surface area contributed by atoms with Gasteiger partial charge in [-0.25, -0.2) is 0 Å². The van der Waals surface area contributed by atoms with Crippen LogP contribution in [0.4, 0.5) is 0 Å². The fourth-order valence-corrected chi connectivity index (χ4v) is 2.92. The molecule has 0 unspecified atom stereocenters. The van der Waals surface area contributed by atoms with Gasteiger partial charge in [-0.3, -0.25) is 14.3 Å². The van der Waals surface area contributed by atoms with Gasteiger partial charge in [0.15, 0.2) is 5.69 Å². The van der Waals surface area contributed by atoms with Crippen molar-refractivity contribution in [1.82, 2.24) is 19.6 Å². The normalized spacial score (nSPS) is 13.5. The fourth-order valence-electron chi connectivity index (χ4n) is 2.92. The van der Waals surface area contributed by atoms with Crippen LogP contribution in [0.2, 0.25) is 0 Å². The number of carbonyl (C=O) groups excluding carboxylic acids is 2. The first kappa shape index (κ1) is 16.2. The Morgan fingerprint density at radius 2 is 2.00 bits per heavy atom. The van der Waals surface area contributed by atoms with Crippen molar-refractivity contribution in [3.63, 3.8) is 0 Å². The number of carbonyl (C=O) groups is 2. The Bertz CT molecular complexity index is 779. The summed E-state index contributed by atoms with van der Waals surface area (Å²) in [7, 11) is 3.41. The van der Waals surface area contributed by atoms with E-state index in [2.05, 4.69) is 5.10 Å². The lowest BCUT2D eigenvalue weighted by Crippen LogP contribution is -2.39. The fraction of sp³-hybridized carbons (Fsp3) is 0.389. The topological polar surface area (TPSA) is 58.4 Å². The molecule has 0 N–H and O–H groups in total. The lowest BCUT2D eigenvalue weighted by Gasteiger charge is -2.27. The van der Waals surface area contributed by atoms with Gasteiger partial charge in [0.1, 0.15) is 0 Å². The molecule has 0 saturated heterocycles. The molecule has 24 heavy (non-hydrogen) atoms. The molecule has 0 aliphatic carbocycles. The van der Waals surface area contributed by atoms with Gasteiger partial charge in [-0.2, -0.15) is 5.10 Å². The molecule has 1 aliphatic rings. The number of nitrogens with zero attached hydrogens (tertiary/aromatic N) is 4. The molecular formula is C18H22N4O2. The van der Waals surface area contributed by atoms with Crippen LogP contribution in [0.15, 0.2) is 30.3 Å². The van der Waals surface area contributed by atoms with Crippen LogP contribution in [0.25, 0.3) is 0 Å². The van der Waals surface area contributed by atoms with Crippen molar-refractivity contribution >= 4 is 11.8 Å². The monoisotopic (exact) mass is 326 g/mol. The summed E-state index contributed by atoms with van der Waals surface area (Å²) in [6, 6.07) is 9.81. The van der Waals surface area contributed by atoms with Crippen LogP contribution < -0.4 is 0 Å². The highest BCUT2D eigenvalue weighted by Crippen LogP contribution is 2.16. The van der Waals surface area contributed by atoms with Gasteiger partial charge in [0.2, 0.25) is 5.91 Å². The molecular weight excluding hydrogens is 304 g/mol. The third-order valence-electron chi connectivity index (χ3n) is 4.21. The van der Waals surface area contributed by atoms with E-state index < -0.39 is 0 Å². The van der Waals surface area contributed by atoms with Gasteiger partial charge in [-0.15, -0.1) is 0 Å². The van der Waals surface area contributed by atoms with Crippen LogP contribution in [0.5, 0.6) is 0 Å². The summed E-state index contributed by atoms with van der Waals surface area (Å²) in [5.74, 6) is -0.0110. The molecule has 1 aromatic carbocycles. The predicted octanol–water partition coefficient (Wildman–Crippen LogP) is 1.48. The molecule has 126 valence electrons. The summed E-state index contributed by atoms with van der Waals surface area (Å²) in [5.41, 5.74) is 3.53. The number of fused-ring (bicyclic) bond motifs is 1. The molecule has 2 heterocycles. The second-order valence-electron chi connectivity index (χ2n) is 6.42. The molecule has 1 aromatic heterocycles. The zero-order chi connectivity index (χ0) is 17.3. The van der Waals surface area contributed by atoms with Crippen molar-refractivity contribution in [2.45, 2.75) is 26.4 Å². The van der Waals surface area contributed by atoms with E-state index in [4.69, 9.17) is 0 Å². The van der Waals surface area contributed by atoms with Crippen molar-refractivity contribution in [2.24, 2.45) is 0 Å². The van der Waals surface area contributed by atoms with Crippen molar-refractivity contribution in [1.29, 1.82) is 0 Å². The van der Waals surface area contributed by atoms with Gasteiger partial charge in [-0.05, 0) is 18.6 Å². The van der Waals surface area contributed by atoms with Crippen molar-refractivity contribution < 1.29 is 9.59 Å². The molecule has 0 saturated carbocycles. The first-order chi connectivity index (χ1) is 11.4. The molecule has 6 heteroatoms. The zero-order valence-corrected chi connectivity index (χ0v) is 14.3. The Morgan fingerprint density at radius 1 is 1.21 bits per heavy atom. The molecule has 2 amide bonds. The first-order valence-electron chi connectivity index (χ1n) is 8.06. The smallest absolute Gasteiger partial charge is 0.273 e. The summed E-state index contributed by atoms with van der Waals surface area (Å²) in [4.78, 5) is 27.9. The molecule has 1 aliphatic heterocycles. The molecule has 0 bridgehead atoms. The maximum atomic E-state index is 12.6. The maximum absolute atomic E-state index is 12.6. The summed E-state index contributed by atoms with van der Waals surface area (Å²) < 4.78 is 1.83. The van der Waals surface area contributed by atoms with E-state index in [-0.39, 0.29) is 11.8 Å². The quantitative estimate of drug-likeness (QED) is 0.858. The Morgan fingerprint density at radius 3 is 2.71 bits per heavy atom. The van der Waals surface area contributed by atoms with Gasteiger partial charge in [0.25, 0.3) is 5.91 Å². The number of hydrogen-bond donors (Lipinski definition) is 0. The molecule has 3 rings (SSSR count). The van der Waals surface area contributed by atoms with Gasteiger partial charge in [0.05, 0.1) is 25.2 Å². The Kier molecular flexibility index (Phi) is 4.38. The first-order valence-corrected chi connectivity index (χ1v) is 8.06. The minimum Gasteiger partial charge on any atom is -0.343 e. The van der Waals surface area contributed by atoms with E-state index in [1.165, 1.54) is 4.90 Å². The number of aromatic nitrogens is 2. The average molecular weight is 326 g/mol. The summed E-state index contributed by atoms with van der Waals surface area (Å²) in [6.07, 6.45) is 0.402. The van der Waals surface area contributed by atoms with Crippen molar-refractivity contribution in [2.75, 3.05) is 20.6 Å². The Balaban J connectivity index is 1.70. The van der Waals surface area contributed by atoms with E-state index in [1.807, 2.05) is 40.8 Å². The van der Waals surface area contributed by atoms with E-state index in [9.17, 15) is 9.59 Å². The van der Waals surface area contributed by atoms with Gasteiger partial charge in [0, 0.05) is 20.6 Å². The molecule has 6 nitrogen and oxygen atoms in total. The highest BCUT2D eigenvalue weighted by Gasteiger charge is 2.24. The van der Waals surface area contributed by atoms with Crippen LogP contribution >= 0.6 is 0 Å². The van der Waals surface area contributed by atoms with Gasteiger partial charge >= 0.3 is 0 Å². The van der Waals surface area contributed by atoms with Crippen LogP contribution in [0.1, 0.15) is 27.3 Å². The minimum absolute atomic E-state index is 0.105. The number of rotatable bonds is 3. The number of hydrogen-bond acceptors (Lipinski definition) is 3. The van der Waals surface area contributed by atoms with Gasteiger partial charge < -0.3 is 9.80 Å². The molecule has 0 fully saturated rings. The van der Waals surface area contributed by atoms with Crippen LogP contribution in [0.3, 0.4) is 0 Å². The van der Waals surface area contributed by atoms with Crippen LogP contribution in [0, 0.1) is 6.92 Å². The van der Waals surface area contributed by atoms with Crippen molar-refractivity contribution in [3.05, 3.63) is 52.8 Å². The van der Waals surface area contributed by atoms with E-state index in [1.54, 1.807) is 20.2 Å². The zero-order valence-electron chi connectivity index (χ0n) is 14.3. The van der Waals surface area contributed by atoms with E-state index in [0.717, 1.165) is 16.8 Å². The molecule has 2 aromatic rings. The Labute approximate surface area is 141 Å². The maximum Gasteiger partial charge on any atom is 0.273 e. The van der Waals surface area contributed by atoms with Crippen LogP contribution in [-0.4, -0.2) is 52.0 Å². The standard InChI is InChI=1S/C18H22N4O2/c1-13-5-4-6-14(9-13)10-17(23)21-7-8-22-15(12-21)11-16(19-22)18(24)20(2)3/h4-6,9,11H,7-8,10,12H2,1-3H3. The van der Waals surface area contributed by atoms with Crippen LogP contribution in [-0.2, 0) is 24.3 Å². The van der Waals surface area contributed by atoms with E-state index in [0.29, 0.717) is 31.7 Å². The third kappa shape index (κ3) is 3.32. The average Bonchev–Trinajstić information content (AvgIpc) is 2.96. The lowest BCUT2D eigenvalue weighted by molar-refractivity contribution is -0.132. The highest BCUT2D eigenvalue weighted by atomic mass is 16.2. The largest absolute Gasteiger partial charge is 0.343 e. The van der Waals surface area contributed by atoms with E-state index >= 15 is 0 Å². The summed E-state index contributed by atoms with van der Waals surface area (Å²) in [5, 5.41) is 4.35. The second-order valence-corrected chi connectivity index (χ2v) is 6.42. The highest BCUT2D eigenvalue weighted by molar-refractivity contribution is 5.92. The number of aryl methyl sites for hydroxylation is 1. The minimum atomic E-state index is -0.116. The molecule has 0 atom stereocenters.